The molecule has 1 aromatic carbocycles. The van der Waals surface area contributed by atoms with E-state index in [1.165, 1.54) is 46.8 Å². The molecule has 0 unspecified atom stereocenters. The first-order valence-electron chi connectivity index (χ1n) is 9.69. The molecule has 3 aromatic rings. The first kappa shape index (κ1) is 21.8. The Morgan fingerprint density at radius 1 is 1.03 bits per heavy atom. The summed E-state index contributed by atoms with van der Waals surface area (Å²) in [6.45, 7) is 4.33. The molecule has 1 fully saturated rings. The monoisotopic (exact) mass is 475 g/mol. The van der Waals surface area contributed by atoms with E-state index in [2.05, 4.69) is 4.98 Å². The molecule has 0 N–H and O–H groups in total. The summed E-state index contributed by atoms with van der Waals surface area (Å²) in [4.78, 5) is 32.4. The Hall–Kier alpha value is -2.40. The molecule has 3 heterocycles. The van der Waals surface area contributed by atoms with E-state index in [0.717, 1.165) is 9.88 Å². The van der Waals surface area contributed by atoms with Crippen LogP contribution in [0.4, 0.5) is 0 Å². The van der Waals surface area contributed by atoms with Gasteiger partial charge in [0.05, 0.1) is 15.5 Å². The van der Waals surface area contributed by atoms with Crippen LogP contribution in [0.15, 0.2) is 46.7 Å². The quantitative estimate of drug-likeness (QED) is 0.527. The molecule has 0 saturated carbocycles. The number of carbonyl (C=O) groups is 2. The van der Waals surface area contributed by atoms with E-state index in [9.17, 15) is 18.0 Å². The number of carbonyl (C=O) groups excluding carboxylic acids is 2. The number of sulfonamides is 1. The lowest BCUT2D eigenvalue weighted by Crippen LogP contribution is -2.50. The molecule has 0 bridgehead atoms. The number of rotatable bonds is 5. The lowest BCUT2D eigenvalue weighted by atomic mass is 10.2. The van der Waals surface area contributed by atoms with Crippen molar-refractivity contribution in [3.8, 4) is 9.88 Å². The van der Waals surface area contributed by atoms with Crippen molar-refractivity contribution in [2.24, 2.45) is 0 Å². The maximum Gasteiger partial charge on any atom is 0.265 e. The molecule has 0 atom stereocenters. The summed E-state index contributed by atoms with van der Waals surface area (Å²) < 4.78 is 27.3. The highest BCUT2D eigenvalue weighted by Gasteiger charge is 2.31. The molecule has 1 saturated heterocycles. The van der Waals surface area contributed by atoms with Gasteiger partial charge in [-0.2, -0.15) is 4.31 Å². The number of hydrogen-bond acceptors (Lipinski definition) is 7. The lowest BCUT2D eigenvalue weighted by molar-refractivity contribution is 0.0701. The van der Waals surface area contributed by atoms with E-state index >= 15 is 0 Å². The van der Waals surface area contributed by atoms with Gasteiger partial charge in [-0.05, 0) is 37.4 Å². The first-order chi connectivity index (χ1) is 14.8. The molecular formula is C21H21N3O4S3. The zero-order valence-corrected chi connectivity index (χ0v) is 19.5. The molecule has 0 spiro atoms. The summed E-state index contributed by atoms with van der Waals surface area (Å²) in [5.74, 6) is -0.225. The highest BCUT2D eigenvalue weighted by Crippen LogP contribution is 2.32. The number of thiazole rings is 1. The fraction of sp³-hybridized carbons (Fsp3) is 0.286. The summed E-state index contributed by atoms with van der Waals surface area (Å²) in [6, 6.07) is 9.88. The van der Waals surface area contributed by atoms with Crippen LogP contribution in [0.2, 0.25) is 0 Å². The maximum atomic E-state index is 13.0. The number of nitrogens with zero attached hydrogens (tertiary/aromatic N) is 3. The molecule has 0 aliphatic carbocycles. The molecule has 4 rings (SSSR count). The Balaban J connectivity index is 1.45. The molecule has 162 valence electrons. The smallest absolute Gasteiger partial charge is 0.265 e. The summed E-state index contributed by atoms with van der Waals surface area (Å²) in [7, 11) is -3.68. The molecular weight excluding hydrogens is 454 g/mol. The van der Waals surface area contributed by atoms with Gasteiger partial charge in [0.2, 0.25) is 10.0 Å². The molecule has 10 heteroatoms. The molecule has 1 amide bonds. The number of Topliss-reactive ketones (excluding diaryl/α,β-unsaturated/α-hetero) is 1. The van der Waals surface area contributed by atoms with Crippen molar-refractivity contribution < 1.29 is 18.0 Å². The third-order valence-corrected chi connectivity index (χ3v) is 9.24. The third-order valence-electron chi connectivity index (χ3n) is 5.15. The van der Waals surface area contributed by atoms with Crippen molar-refractivity contribution in [3.63, 3.8) is 0 Å². The van der Waals surface area contributed by atoms with E-state index < -0.39 is 10.0 Å². The number of hydrogen-bond donors (Lipinski definition) is 0. The second kappa shape index (κ2) is 8.62. The molecule has 1 aliphatic rings. The van der Waals surface area contributed by atoms with Gasteiger partial charge in [0.1, 0.15) is 9.88 Å². The second-order valence-electron chi connectivity index (χ2n) is 7.19. The number of amides is 1. The Bertz CT molecular complexity index is 1210. The van der Waals surface area contributed by atoms with Gasteiger partial charge in [0, 0.05) is 31.7 Å². The molecule has 2 aromatic heterocycles. The van der Waals surface area contributed by atoms with Crippen LogP contribution in [0.1, 0.15) is 32.6 Å². The Morgan fingerprint density at radius 3 is 2.29 bits per heavy atom. The fourth-order valence-corrected chi connectivity index (χ4v) is 6.64. The van der Waals surface area contributed by atoms with Crippen molar-refractivity contribution in [2.45, 2.75) is 18.7 Å². The number of piperazine rings is 1. The zero-order valence-electron chi connectivity index (χ0n) is 17.1. The molecule has 31 heavy (non-hydrogen) atoms. The first-order valence-corrected chi connectivity index (χ1v) is 12.8. The van der Waals surface area contributed by atoms with Crippen molar-refractivity contribution in [3.05, 3.63) is 57.9 Å². The Labute approximate surface area is 189 Å². The van der Waals surface area contributed by atoms with Crippen LogP contribution < -0.4 is 0 Å². The van der Waals surface area contributed by atoms with Gasteiger partial charge >= 0.3 is 0 Å². The molecule has 0 radical (unpaired) electrons. The minimum absolute atomic E-state index is 0.110. The average molecular weight is 476 g/mol. The van der Waals surface area contributed by atoms with Gasteiger partial charge in [-0.25, -0.2) is 13.4 Å². The van der Waals surface area contributed by atoms with Crippen LogP contribution in [-0.4, -0.2) is 60.5 Å². The summed E-state index contributed by atoms with van der Waals surface area (Å²) in [5.41, 5.74) is 1.16. The average Bonchev–Trinajstić information content (AvgIpc) is 3.43. The summed E-state index contributed by atoms with van der Waals surface area (Å²) in [6.07, 6.45) is 0. The van der Waals surface area contributed by atoms with Crippen LogP contribution in [0.5, 0.6) is 0 Å². The molecule has 1 aliphatic heterocycles. The van der Waals surface area contributed by atoms with E-state index in [4.69, 9.17) is 0 Å². The van der Waals surface area contributed by atoms with Crippen molar-refractivity contribution >= 4 is 44.4 Å². The Morgan fingerprint density at radius 2 is 1.71 bits per heavy atom. The summed E-state index contributed by atoms with van der Waals surface area (Å²) >= 11 is 2.95. The fourth-order valence-electron chi connectivity index (χ4n) is 3.39. The van der Waals surface area contributed by atoms with Gasteiger partial charge in [-0.1, -0.05) is 18.2 Å². The minimum atomic E-state index is -3.68. The predicted molar refractivity (Wildman–Crippen MR) is 121 cm³/mol. The van der Waals surface area contributed by atoms with E-state index in [1.807, 2.05) is 24.4 Å². The minimum Gasteiger partial charge on any atom is -0.335 e. The van der Waals surface area contributed by atoms with Crippen molar-refractivity contribution in [2.75, 3.05) is 26.2 Å². The van der Waals surface area contributed by atoms with Crippen molar-refractivity contribution in [1.29, 1.82) is 0 Å². The highest BCUT2D eigenvalue weighted by atomic mass is 32.2. The highest BCUT2D eigenvalue weighted by molar-refractivity contribution is 7.89. The number of aromatic nitrogens is 1. The predicted octanol–water partition coefficient (Wildman–Crippen LogP) is 3.53. The van der Waals surface area contributed by atoms with Crippen LogP contribution in [0.3, 0.4) is 0 Å². The van der Waals surface area contributed by atoms with Gasteiger partial charge in [0.15, 0.2) is 5.78 Å². The maximum absolute atomic E-state index is 13.0. The zero-order chi connectivity index (χ0) is 22.2. The van der Waals surface area contributed by atoms with Gasteiger partial charge in [-0.3, -0.25) is 9.59 Å². The number of ketones is 1. The van der Waals surface area contributed by atoms with Gasteiger partial charge in [-0.15, -0.1) is 22.7 Å². The second-order valence-corrected chi connectivity index (χ2v) is 11.1. The number of aryl methyl sites for hydroxylation is 1. The van der Waals surface area contributed by atoms with Crippen molar-refractivity contribution in [1.82, 2.24) is 14.2 Å². The lowest BCUT2D eigenvalue weighted by Gasteiger charge is -2.33. The number of benzene rings is 1. The Kier molecular flexibility index (Phi) is 6.07. The summed E-state index contributed by atoms with van der Waals surface area (Å²) in [5, 5.41) is 2.80. The number of thiophene rings is 1. The van der Waals surface area contributed by atoms with Crippen LogP contribution in [-0.2, 0) is 10.0 Å². The third kappa shape index (κ3) is 4.33. The van der Waals surface area contributed by atoms with E-state index in [-0.39, 0.29) is 29.7 Å². The van der Waals surface area contributed by atoms with E-state index in [0.29, 0.717) is 29.2 Å². The topological polar surface area (TPSA) is 87.7 Å². The van der Waals surface area contributed by atoms with Crippen LogP contribution in [0.25, 0.3) is 9.88 Å². The van der Waals surface area contributed by atoms with Crippen LogP contribution in [0, 0.1) is 6.92 Å². The van der Waals surface area contributed by atoms with Gasteiger partial charge < -0.3 is 4.90 Å². The van der Waals surface area contributed by atoms with E-state index in [1.54, 1.807) is 16.2 Å². The normalized spacial score (nSPS) is 15.2. The largest absolute Gasteiger partial charge is 0.335 e. The van der Waals surface area contributed by atoms with Gasteiger partial charge in [0.25, 0.3) is 5.91 Å². The standard InChI is InChI=1S/C21H21N3O4S3/c1-14-19(30-20(22-14)18-4-3-13-29-18)21(26)23-9-11-24(12-10-23)31(27,28)17-7-5-16(6-8-17)15(2)25/h3-8,13H,9-12H2,1-2H3. The molecule has 7 nitrogen and oxygen atoms in total. The van der Waals surface area contributed by atoms with Crippen LogP contribution >= 0.6 is 22.7 Å². The SMILES string of the molecule is CC(=O)c1ccc(S(=O)(=O)N2CCN(C(=O)c3sc(-c4cccs4)nc3C)CC2)cc1.